The third kappa shape index (κ3) is 5.82. The number of nitrogens with zero attached hydrogens (tertiary/aromatic N) is 3. The number of hydrogen-bond donors (Lipinski definition) is 0. The summed E-state index contributed by atoms with van der Waals surface area (Å²) < 4.78 is 0. The largest absolute Gasteiger partial charge is 0.265 e. The van der Waals surface area contributed by atoms with Gasteiger partial charge in [-0.05, 0) is 96.7 Å². The molecule has 0 spiro atoms. The van der Waals surface area contributed by atoms with E-state index in [4.69, 9.17) is 9.97 Å². The molecule has 2 aromatic heterocycles. The minimum absolute atomic E-state index is 0.0644. The van der Waals surface area contributed by atoms with E-state index < -0.39 is 0 Å². The maximum Gasteiger partial charge on any atom is 0.160 e. The van der Waals surface area contributed by atoms with Crippen LogP contribution < -0.4 is 0 Å². The number of rotatable bonds is 6. The van der Waals surface area contributed by atoms with Crippen LogP contribution in [0.5, 0.6) is 0 Å². The van der Waals surface area contributed by atoms with Crippen LogP contribution in [-0.2, 0) is 5.41 Å². The minimum atomic E-state index is -0.0644. The van der Waals surface area contributed by atoms with Gasteiger partial charge in [-0.2, -0.15) is 0 Å². The van der Waals surface area contributed by atoms with Crippen molar-refractivity contribution in [2.24, 2.45) is 0 Å². The van der Waals surface area contributed by atoms with Crippen molar-refractivity contribution in [2.45, 2.75) is 19.3 Å². The highest BCUT2D eigenvalue weighted by molar-refractivity contribution is 5.98. The second-order valence-corrected chi connectivity index (χ2v) is 14.9. The molecule has 0 radical (unpaired) electrons. The van der Waals surface area contributed by atoms with Gasteiger partial charge in [0.2, 0.25) is 0 Å². The molecule has 7 aromatic carbocycles. The Morgan fingerprint density at radius 2 is 0.927 bits per heavy atom. The summed E-state index contributed by atoms with van der Waals surface area (Å²) in [6, 6.07) is 62.9. The standard InChI is InChI=1S/C52H37N3/c1-52(2)47-26-24-43(32-46(47)45-25-23-37-9-6-7-14-44(37)50(45)52)42-13-8-12-41(31-42)35-17-21-39(22-18-35)49-33-48(54-51(55-49)40-10-4-3-5-11-40)38-19-15-34(16-20-38)36-27-29-53-30-28-36/h3-33H,1-2H3. The molecular formula is C52H37N3. The summed E-state index contributed by atoms with van der Waals surface area (Å²) in [4.78, 5) is 14.3. The van der Waals surface area contributed by atoms with Crippen molar-refractivity contribution in [3.63, 3.8) is 0 Å². The van der Waals surface area contributed by atoms with Crippen LogP contribution >= 0.6 is 0 Å². The summed E-state index contributed by atoms with van der Waals surface area (Å²) in [5, 5.41) is 2.64. The van der Waals surface area contributed by atoms with Crippen molar-refractivity contribution >= 4 is 10.8 Å². The SMILES string of the molecule is CC1(C)c2ccc(-c3cccc(-c4ccc(-c5cc(-c6ccc(-c7ccncc7)cc6)nc(-c6ccccc6)n5)cc4)c3)cc2-c2ccc3ccccc3c21. The fraction of sp³-hybridized carbons (Fsp3) is 0.0577. The zero-order chi connectivity index (χ0) is 36.9. The Balaban J connectivity index is 0.979. The number of benzene rings is 7. The van der Waals surface area contributed by atoms with Gasteiger partial charge in [0, 0.05) is 34.5 Å². The second-order valence-electron chi connectivity index (χ2n) is 14.9. The lowest BCUT2D eigenvalue weighted by Crippen LogP contribution is -2.15. The summed E-state index contributed by atoms with van der Waals surface area (Å²) >= 11 is 0. The van der Waals surface area contributed by atoms with Crippen molar-refractivity contribution in [3.8, 4) is 78.4 Å². The molecule has 0 aliphatic heterocycles. The molecule has 10 rings (SSSR count). The number of fused-ring (bicyclic) bond motifs is 5. The van der Waals surface area contributed by atoms with Crippen molar-refractivity contribution in [2.75, 3.05) is 0 Å². The highest BCUT2D eigenvalue weighted by Crippen LogP contribution is 2.52. The molecule has 0 unspecified atom stereocenters. The molecule has 0 bridgehead atoms. The summed E-state index contributed by atoms with van der Waals surface area (Å²) in [7, 11) is 0. The average molecular weight is 704 g/mol. The Kier molecular flexibility index (Phi) is 7.81. The lowest BCUT2D eigenvalue weighted by Gasteiger charge is -2.23. The summed E-state index contributed by atoms with van der Waals surface area (Å²) in [6.45, 7) is 4.72. The highest BCUT2D eigenvalue weighted by atomic mass is 14.9. The van der Waals surface area contributed by atoms with Gasteiger partial charge >= 0.3 is 0 Å². The number of aromatic nitrogens is 3. The van der Waals surface area contributed by atoms with E-state index in [1.807, 2.05) is 42.7 Å². The van der Waals surface area contributed by atoms with Gasteiger partial charge in [-0.1, -0.05) is 159 Å². The first kappa shape index (κ1) is 32.7. The molecule has 2 heterocycles. The first-order valence-electron chi connectivity index (χ1n) is 18.8. The average Bonchev–Trinajstić information content (AvgIpc) is 3.49. The Labute approximate surface area is 321 Å². The van der Waals surface area contributed by atoms with Crippen LogP contribution in [0.1, 0.15) is 25.0 Å². The van der Waals surface area contributed by atoms with Gasteiger partial charge in [-0.3, -0.25) is 4.98 Å². The lowest BCUT2D eigenvalue weighted by molar-refractivity contribution is 0.666. The number of hydrogen-bond acceptors (Lipinski definition) is 3. The van der Waals surface area contributed by atoms with Crippen LogP contribution in [0.3, 0.4) is 0 Å². The normalized spacial score (nSPS) is 12.7. The van der Waals surface area contributed by atoms with Gasteiger partial charge in [0.05, 0.1) is 11.4 Å². The molecule has 260 valence electrons. The van der Waals surface area contributed by atoms with Crippen LogP contribution in [0.2, 0.25) is 0 Å². The molecule has 0 fully saturated rings. The zero-order valence-corrected chi connectivity index (χ0v) is 30.7. The Bertz CT molecular complexity index is 2860. The predicted molar refractivity (Wildman–Crippen MR) is 228 cm³/mol. The molecule has 55 heavy (non-hydrogen) atoms. The van der Waals surface area contributed by atoms with E-state index >= 15 is 0 Å². The molecule has 0 N–H and O–H groups in total. The van der Waals surface area contributed by atoms with Gasteiger partial charge in [-0.25, -0.2) is 9.97 Å². The number of pyridine rings is 1. The van der Waals surface area contributed by atoms with Crippen LogP contribution in [0.15, 0.2) is 188 Å². The minimum Gasteiger partial charge on any atom is -0.265 e. The van der Waals surface area contributed by atoms with Crippen LogP contribution in [-0.4, -0.2) is 15.0 Å². The van der Waals surface area contributed by atoms with Crippen LogP contribution in [0.4, 0.5) is 0 Å². The third-order valence-corrected chi connectivity index (χ3v) is 11.2. The summed E-state index contributed by atoms with van der Waals surface area (Å²) in [5.41, 5.74) is 17.3. The highest BCUT2D eigenvalue weighted by Gasteiger charge is 2.36. The lowest BCUT2D eigenvalue weighted by atomic mass is 9.80. The van der Waals surface area contributed by atoms with Crippen molar-refractivity contribution in [1.82, 2.24) is 15.0 Å². The second kappa shape index (κ2) is 13.2. The summed E-state index contributed by atoms with van der Waals surface area (Å²) in [5.74, 6) is 0.705. The first-order valence-corrected chi connectivity index (χ1v) is 18.8. The van der Waals surface area contributed by atoms with Crippen molar-refractivity contribution in [1.29, 1.82) is 0 Å². The molecule has 9 aromatic rings. The molecule has 3 nitrogen and oxygen atoms in total. The van der Waals surface area contributed by atoms with Gasteiger partial charge in [0.1, 0.15) is 0 Å². The van der Waals surface area contributed by atoms with E-state index in [2.05, 4.69) is 164 Å². The summed E-state index contributed by atoms with van der Waals surface area (Å²) in [6.07, 6.45) is 3.65. The fourth-order valence-corrected chi connectivity index (χ4v) is 8.34. The van der Waals surface area contributed by atoms with Gasteiger partial charge < -0.3 is 0 Å². The Morgan fingerprint density at radius 3 is 1.64 bits per heavy atom. The molecule has 0 amide bonds. The molecule has 0 saturated heterocycles. The predicted octanol–water partition coefficient (Wildman–Crippen LogP) is 13.3. The Morgan fingerprint density at radius 1 is 0.382 bits per heavy atom. The van der Waals surface area contributed by atoms with Gasteiger partial charge in [-0.15, -0.1) is 0 Å². The maximum absolute atomic E-state index is 5.07. The molecule has 0 atom stereocenters. The van der Waals surface area contributed by atoms with Crippen molar-refractivity contribution < 1.29 is 0 Å². The topological polar surface area (TPSA) is 38.7 Å². The Hall–Kier alpha value is -6.97. The van der Waals surface area contributed by atoms with Crippen LogP contribution in [0.25, 0.3) is 89.2 Å². The van der Waals surface area contributed by atoms with E-state index in [0.29, 0.717) is 5.82 Å². The third-order valence-electron chi connectivity index (χ3n) is 11.2. The molecular weight excluding hydrogens is 667 g/mol. The van der Waals surface area contributed by atoms with Crippen LogP contribution in [0, 0.1) is 0 Å². The molecule has 3 heteroatoms. The fourth-order valence-electron chi connectivity index (χ4n) is 8.34. The molecule has 1 aliphatic carbocycles. The van der Waals surface area contributed by atoms with E-state index in [1.165, 1.54) is 49.7 Å². The quantitative estimate of drug-likeness (QED) is 0.173. The van der Waals surface area contributed by atoms with E-state index in [0.717, 1.165) is 44.8 Å². The smallest absolute Gasteiger partial charge is 0.160 e. The van der Waals surface area contributed by atoms with Gasteiger partial charge in [0.15, 0.2) is 5.82 Å². The van der Waals surface area contributed by atoms with E-state index in [1.54, 1.807) is 0 Å². The van der Waals surface area contributed by atoms with E-state index in [9.17, 15) is 0 Å². The van der Waals surface area contributed by atoms with Crippen molar-refractivity contribution in [3.05, 3.63) is 199 Å². The molecule has 1 aliphatic rings. The monoisotopic (exact) mass is 703 g/mol. The van der Waals surface area contributed by atoms with E-state index in [-0.39, 0.29) is 5.41 Å². The molecule has 0 saturated carbocycles. The first-order chi connectivity index (χ1) is 27.0. The van der Waals surface area contributed by atoms with Gasteiger partial charge in [0.25, 0.3) is 0 Å². The maximum atomic E-state index is 5.07. The zero-order valence-electron chi connectivity index (χ0n) is 30.7.